The summed E-state index contributed by atoms with van der Waals surface area (Å²) in [6, 6.07) is 11.2. The average Bonchev–Trinajstić information content (AvgIpc) is 2.54. The maximum atomic E-state index is 13.4. The number of halogens is 2. The Balaban J connectivity index is 2.27. The number of carboxylic acids is 1. The summed E-state index contributed by atoms with van der Waals surface area (Å²) in [6.07, 6.45) is 2.72. The van der Waals surface area contributed by atoms with E-state index < -0.39 is 17.6 Å². The van der Waals surface area contributed by atoms with Crippen molar-refractivity contribution in [3.63, 3.8) is 0 Å². The SMILES string of the molecule is O=C(O)c1c(-c2cccc(F)c2)cncc1-c1cccc(F)c1. The summed E-state index contributed by atoms with van der Waals surface area (Å²) in [5.74, 6) is -2.14. The fraction of sp³-hybridized carbons (Fsp3) is 0. The lowest BCUT2D eigenvalue weighted by Gasteiger charge is -2.11. The monoisotopic (exact) mass is 311 g/mol. The molecule has 0 saturated heterocycles. The summed E-state index contributed by atoms with van der Waals surface area (Å²) in [6.45, 7) is 0. The minimum absolute atomic E-state index is 0.0452. The molecule has 1 aromatic heterocycles. The molecule has 3 nitrogen and oxygen atoms in total. The maximum Gasteiger partial charge on any atom is 0.337 e. The van der Waals surface area contributed by atoms with E-state index in [-0.39, 0.29) is 16.7 Å². The fourth-order valence-electron chi connectivity index (χ4n) is 2.44. The van der Waals surface area contributed by atoms with Crippen LogP contribution < -0.4 is 0 Å². The molecule has 0 saturated carbocycles. The number of hydrogen-bond donors (Lipinski definition) is 1. The third-order valence-corrected chi connectivity index (χ3v) is 3.43. The number of nitrogens with zero attached hydrogens (tertiary/aromatic N) is 1. The van der Waals surface area contributed by atoms with Crippen molar-refractivity contribution in [3.8, 4) is 22.3 Å². The molecule has 2 aromatic carbocycles. The van der Waals surface area contributed by atoms with Crippen molar-refractivity contribution < 1.29 is 18.7 Å². The van der Waals surface area contributed by atoms with E-state index in [0.29, 0.717) is 11.1 Å². The molecule has 23 heavy (non-hydrogen) atoms. The Morgan fingerprint density at radius 3 is 1.74 bits per heavy atom. The maximum absolute atomic E-state index is 13.4. The first-order valence-electron chi connectivity index (χ1n) is 6.79. The van der Waals surface area contributed by atoms with E-state index >= 15 is 0 Å². The molecule has 5 heteroatoms. The Morgan fingerprint density at radius 1 is 0.870 bits per heavy atom. The average molecular weight is 311 g/mol. The predicted molar refractivity (Wildman–Crippen MR) is 82.0 cm³/mol. The number of pyridine rings is 1. The van der Waals surface area contributed by atoms with Crippen LogP contribution in [0, 0.1) is 11.6 Å². The summed E-state index contributed by atoms with van der Waals surface area (Å²) < 4.78 is 26.9. The summed E-state index contributed by atoms with van der Waals surface area (Å²) in [5.41, 5.74) is 1.30. The van der Waals surface area contributed by atoms with Crippen molar-refractivity contribution in [2.45, 2.75) is 0 Å². The van der Waals surface area contributed by atoms with Crippen molar-refractivity contribution in [1.82, 2.24) is 4.98 Å². The van der Waals surface area contributed by atoms with Crippen LogP contribution in [0.25, 0.3) is 22.3 Å². The summed E-state index contributed by atoms with van der Waals surface area (Å²) in [4.78, 5) is 15.8. The molecule has 0 amide bonds. The number of rotatable bonds is 3. The van der Waals surface area contributed by atoms with Gasteiger partial charge in [-0.25, -0.2) is 13.6 Å². The van der Waals surface area contributed by atoms with Gasteiger partial charge in [-0.2, -0.15) is 0 Å². The van der Waals surface area contributed by atoms with Gasteiger partial charge in [-0.3, -0.25) is 4.98 Å². The molecular formula is C18H11F2NO2. The molecule has 0 bridgehead atoms. The third kappa shape index (κ3) is 2.94. The van der Waals surface area contributed by atoms with Crippen LogP contribution >= 0.6 is 0 Å². The number of carbonyl (C=O) groups is 1. The first-order chi connectivity index (χ1) is 11.1. The first-order valence-corrected chi connectivity index (χ1v) is 6.79. The van der Waals surface area contributed by atoms with Gasteiger partial charge in [0, 0.05) is 23.5 Å². The van der Waals surface area contributed by atoms with Crippen LogP contribution in [-0.4, -0.2) is 16.1 Å². The molecule has 0 radical (unpaired) electrons. The second-order valence-electron chi connectivity index (χ2n) is 4.94. The molecule has 1 heterocycles. The van der Waals surface area contributed by atoms with E-state index in [1.165, 1.54) is 48.8 Å². The zero-order valence-corrected chi connectivity index (χ0v) is 11.8. The highest BCUT2D eigenvalue weighted by atomic mass is 19.1. The van der Waals surface area contributed by atoms with Crippen molar-refractivity contribution in [3.05, 3.63) is 78.1 Å². The van der Waals surface area contributed by atoms with Gasteiger partial charge in [0.15, 0.2) is 0 Å². The summed E-state index contributed by atoms with van der Waals surface area (Å²) in [5, 5.41) is 9.59. The van der Waals surface area contributed by atoms with Crippen LogP contribution in [0.2, 0.25) is 0 Å². The van der Waals surface area contributed by atoms with Crippen LogP contribution in [0.5, 0.6) is 0 Å². The second kappa shape index (κ2) is 5.96. The van der Waals surface area contributed by atoms with Crippen LogP contribution in [0.15, 0.2) is 60.9 Å². The Labute approximate surface area is 130 Å². The van der Waals surface area contributed by atoms with E-state index in [4.69, 9.17) is 0 Å². The highest BCUT2D eigenvalue weighted by Gasteiger charge is 2.19. The van der Waals surface area contributed by atoms with Gasteiger partial charge in [0.2, 0.25) is 0 Å². The molecular weight excluding hydrogens is 300 g/mol. The van der Waals surface area contributed by atoms with Crippen molar-refractivity contribution in [2.24, 2.45) is 0 Å². The molecule has 0 atom stereocenters. The van der Waals surface area contributed by atoms with Gasteiger partial charge in [-0.15, -0.1) is 0 Å². The van der Waals surface area contributed by atoms with Crippen molar-refractivity contribution >= 4 is 5.97 Å². The van der Waals surface area contributed by atoms with E-state index in [9.17, 15) is 18.7 Å². The first kappa shape index (κ1) is 14.8. The number of hydrogen-bond acceptors (Lipinski definition) is 2. The summed E-state index contributed by atoms with van der Waals surface area (Å²) in [7, 11) is 0. The van der Waals surface area contributed by atoms with Crippen LogP contribution in [0.3, 0.4) is 0 Å². The molecule has 0 fully saturated rings. The lowest BCUT2D eigenvalue weighted by atomic mass is 9.94. The Hall–Kier alpha value is -3.08. The van der Waals surface area contributed by atoms with E-state index in [1.807, 2.05) is 0 Å². The van der Waals surface area contributed by atoms with E-state index in [0.717, 1.165) is 0 Å². The Bertz CT molecular complexity index is 830. The molecule has 3 rings (SSSR count). The van der Waals surface area contributed by atoms with Gasteiger partial charge in [0.25, 0.3) is 0 Å². The van der Waals surface area contributed by atoms with Crippen LogP contribution in [0.4, 0.5) is 8.78 Å². The molecule has 1 N–H and O–H groups in total. The van der Waals surface area contributed by atoms with Crippen LogP contribution in [-0.2, 0) is 0 Å². The minimum atomic E-state index is -1.19. The van der Waals surface area contributed by atoms with Crippen molar-refractivity contribution in [1.29, 1.82) is 0 Å². The minimum Gasteiger partial charge on any atom is -0.478 e. The van der Waals surface area contributed by atoms with Gasteiger partial charge in [-0.05, 0) is 35.4 Å². The van der Waals surface area contributed by atoms with Gasteiger partial charge in [0.1, 0.15) is 11.6 Å². The molecule has 0 unspecified atom stereocenters. The second-order valence-corrected chi connectivity index (χ2v) is 4.94. The molecule has 3 aromatic rings. The van der Waals surface area contributed by atoms with Crippen LogP contribution in [0.1, 0.15) is 10.4 Å². The molecule has 0 spiro atoms. The topological polar surface area (TPSA) is 50.2 Å². The zero-order valence-electron chi connectivity index (χ0n) is 11.8. The Kier molecular flexibility index (Phi) is 3.85. The fourth-order valence-corrected chi connectivity index (χ4v) is 2.44. The molecule has 0 aliphatic carbocycles. The number of benzene rings is 2. The van der Waals surface area contributed by atoms with Crippen molar-refractivity contribution in [2.75, 3.05) is 0 Å². The quantitative estimate of drug-likeness (QED) is 0.780. The highest BCUT2D eigenvalue weighted by Crippen LogP contribution is 2.32. The van der Waals surface area contributed by atoms with Gasteiger partial charge >= 0.3 is 5.97 Å². The van der Waals surface area contributed by atoms with E-state index in [1.54, 1.807) is 12.1 Å². The smallest absolute Gasteiger partial charge is 0.337 e. The number of aromatic carboxylic acids is 1. The lowest BCUT2D eigenvalue weighted by Crippen LogP contribution is -2.04. The molecule has 114 valence electrons. The zero-order chi connectivity index (χ0) is 16.4. The molecule has 0 aliphatic heterocycles. The Morgan fingerprint density at radius 2 is 1.35 bits per heavy atom. The van der Waals surface area contributed by atoms with Gasteiger partial charge < -0.3 is 5.11 Å². The predicted octanol–water partition coefficient (Wildman–Crippen LogP) is 4.39. The third-order valence-electron chi connectivity index (χ3n) is 3.43. The number of aromatic nitrogens is 1. The largest absolute Gasteiger partial charge is 0.478 e. The van der Waals surface area contributed by atoms with Gasteiger partial charge in [0.05, 0.1) is 5.56 Å². The normalized spacial score (nSPS) is 10.5. The standard InChI is InChI=1S/C18H11F2NO2/c19-13-5-1-3-11(7-13)15-9-21-10-16(17(15)18(22)23)12-4-2-6-14(20)8-12/h1-10H,(H,22,23). The number of carboxylic acid groups (broad SMARTS) is 1. The summed E-state index contributed by atoms with van der Waals surface area (Å²) >= 11 is 0. The lowest BCUT2D eigenvalue weighted by molar-refractivity contribution is 0.0698. The van der Waals surface area contributed by atoms with Gasteiger partial charge in [-0.1, -0.05) is 24.3 Å². The van der Waals surface area contributed by atoms with E-state index in [2.05, 4.69) is 4.98 Å². The highest BCUT2D eigenvalue weighted by molar-refractivity contribution is 6.02. The molecule has 0 aliphatic rings.